The minimum Gasteiger partial charge on any atom is -0.473 e. The van der Waals surface area contributed by atoms with Gasteiger partial charge in [-0.2, -0.15) is 0 Å². The molecule has 1 aliphatic heterocycles. The third-order valence-electron chi connectivity index (χ3n) is 4.40. The van der Waals surface area contributed by atoms with Crippen LogP contribution in [-0.2, 0) is 11.3 Å². The van der Waals surface area contributed by atoms with Gasteiger partial charge in [0.1, 0.15) is 13.2 Å². The Bertz CT molecular complexity index is 1020. The molecule has 0 spiro atoms. The second-order valence-corrected chi connectivity index (χ2v) is 6.43. The highest BCUT2D eigenvalue weighted by Gasteiger charge is 2.23. The van der Waals surface area contributed by atoms with E-state index < -0.39 is 0 Å². The number of nitrogens with one attached hydrogen (secondary N) is 1. The van der Waals surface area contributed by atoms with Crippen LogP contribution in [0.2, 0.25) is 0 Å². The number of hydrogen-bond acceptors (Lipinski definition) is 5. The van der Waals surface area contributed by atoms with Gasteiger partial charge in [0.25, 0.3) is 5.91 Å². The molecule has 7 nitrogen and oxygen atoms in total. The normalized spacial score (nSPS) is 13.1. The van der Waals surface area contributed by atoms with Crippen LogP contribution in [0.5, 0.6) is 5.88 Å². The van der Waals surface area contributed by atoms with Crippen molar-refractivity contribution in [2.24, 2.45) is 0 Å². The van der Waals surface area contributed by atoms with Gasteiger partial charge in [0.15, 0.2) is 0 Å². The fraction of sp³-hybridized carbons (Fsp3) is 0.136. The van der Waals surface area contributed by atoms with Gasteiger partial charge in [-0.15, -0.1) is 0 Å². The zero-order valence-electron chi connectivity index (χ0n) is 15.6. The molecule has 0 bridgehead atoms. The van der Waals surface area contributed by atoms with Crippen molar-refractivity contribution in [3.63, 3.8) is 0 Å². The molecule has 1 saturated heterocycles. The predicted octanol–water partition coefficient (Wildman–Crippen LogP) is 3.87. The highest BCUT2D eigenvalue weighted by Crippen LogP contribution is 2.23. The Hall–Kier alpha value is -3.87. The predicted molar refractivity (Wildman–Crippen MR) is 108 cm³/mol. The molecule has 1 aliphatic rings. The Morgan fingerprint density at radius 1 is 1.10 bits per heavy atom. The highest BCUT2D eigenvalue weighted by molar-refractivity contribution is 6.04. The SMILES string of the molecule is O=C(Nc1cccc(N2CCOC2=O)c1)c1ccnc(OCc2ccccc2)c1. The fourth-order valence-corrected chi connectivity index (χ4v) is 2.94. The van der Waals surface area contributed by atoms with Gasteiger partial charge in [-0.1, -0.05) is 36.4 Å². The van der Waals surface area contributed by atoms with E-state index in [1.54, 1.807) is 36.4 Å². The lowest BCUT2D eigenvalue weighted by Crippen LogP contribution is -2.23. The maximum atomic E-state index is 12.6. The summed E-state index contributed by atoms with van der Waals surface area (Å²) < 4.78 is 10.6. The molecule has 29 heavy (non-hydrogen) atoms. The van der Waals surface area contributed by atoms with Crippen molar-refractivity contribution in [3.8, 4) is 5.88 Å². The van der Waals surface area contributed by atoms with Crippen LogP contribution in [0.25, 0.3) is 0 Å². The van der Waals surface area contributed by atoms with Crippen molar-refractivity contribution in [2.45, 2.75) is 6.61 Å². The van der Waals surface area contributed by atoms with E-state index in [0.717, 1.165) is 5.56 Å². The first-order chi connectivity index (χ1) is 14.2. The number of ether oxygens (including phenoxy) is 2. The van der Waals surface area contributed by atoms with Gasteiger partial charge < -0.3 is 14.8 Å². The van der Waals surface area contributed by atoms with E-state index in [9.17, 15) is 9.59 Å². The number of anilines is 2. The number of cyclic esters (lactones) is 1. The average Bonchev–Trinajstić information content (AvgIpc) is 3.19. The molecular formula is C22H19N3O4. The van der Waals surface area contributed by atoms with E-state index in [0.29, 0.717) is 42.6 Å². The van der Waals surface area contributed by atoms with Gasteiger partial charge in [-0.05, 0) is 29.8 Å². The smallest absolute Gasteiger partial charge is 0.414 e. The van der Waals surface area contributed by atoms with Gasteiger partial charge >= 0.3 is 6.09 Å². The maximum absolute atomic E-state index is 12.6. The molecule has 146 valence electrons. The Kier molecular flexibility index (Phi) is 5.38. The molecule has 1 fully saturated rings. The molecule has 2 aromatic carbocycles. The van der Waals surface area contributed by atoms with Crippen molar-refractivity contribution in [2.75, 3.05) is 23.4 Å². The molecule has 4 rings (SSSR count). The molecule has 2 amide bonds. The summed E-state index contributed by atoms with van der Waals surface area (Å²) in [6.45, 7) is 1.22. The summed E-state index contributed by atoms with van der Waals surface area (Å²) in [6, 6.07) is 20.0. The largest absolute Gasteiger partial charge is 0.473 e. The lowest BCUT2D eigenvalue weighted by Gasteiger charge is -2.14. The molecule has 0 unspecified atom stereocenters. The molecule has 3 aromatic rings. The summed E-state index contributed by atoms with van der Waals surface area (Å²) in [5.74, 6) is 0.0770. The molecule has 0 saturated carbocycles. The molecule has 0 atom stereocenters. The van der Waals surface area contributed by atoms with Crippen LogP contribution in [0.4, 0.5) is 16.2 Å². The van der Waals surface area contributed by atoms with E-state index in [-0.39, 0.29) is 12.0 Å². The number of nitrogens with zero attached hydrogens (tertiary/aromatic N) is 2. The van der Waals surface area contributed by atoms with Gasteiger partial charge in [0.05, 0.1) is 6.54 Å². The minimum atomic E-state index is -0.386. The first-order valence-corrected chi connectivity index (χ1v) is 9.17. The summed E-state index contributed by atoms with van der Waals surface area (Å²) in [6.07, 6.45) is 1.15. The summed E-state index contributed by atoms with van der Waals surface area (Å²) in [5.41, 5.74) is 2.69. The van der Waals surface area contributed by atoms with Crippen LogP contribution >= 0.6 is 0 Å². The van der Waals surface area contributed by atoms with E-state index in [4.69, 9.17) is 9.47 Å². The zero-order chi connectivity index (χ0) is 20.1. The van der Waals surface area contributed by atoms with Crippen molar-refractivity contribution in [1.82, 2.24) is 4.98 Å². The van der Waals surface area contributed by atoms with Crippen LogP contribution in [0.3, 0.4) is 0 Å². The molecular weight excluding hydrogens is 370 g/mol. The summed E-state index contributed by atoms with van der Waals surface area (Å²) in [4.78, 5) is 30.0. The van der Waals surface area contributed by atoms with Crippen molar-refractivity contribution in [3.05, 3.63) is 84.1 Å². The lowest BCUT2D eigenvalue weighted by molar-refractivity contribution is 0.102. The third-order valence-corrected chi connectivity index (χ3v) is 4.40. The van der Waals surface area contributed by atoms with Crippen LogP contribution in [0.15, 0.2) is 72.9 Å². The number of benzene rings is 2. The number of carbonyl (C=O) groups is 2. The monoisotopic (exact) mass is 389 g/mol. The van der Waals surface area contributed by atoms with Gasteiger partial charge in [0, 0.05) is 29.2 Å². The minimum absolute atomic E-state index is 0.293. The van der Waals surface area contributed by atoms with E-state index in [1.165, 1.54) is 11.1 Å². The Labute approximate surface area is 167 Å². The van der Waals surface area contributed by atoms with Gasteiger partial charge in [-0.3, -0.25) is 9.69 Å². The Morgan fingerprint density at radius 2 is 1.97 bits per heavy atom. The van der Waals surface area contributed by atoms with Crippen LogP contribution < -0.4 is 15.0 Å². The summed E-state index contributed by atoms with van der Waals surface area (Å²) in [7, 11) is 0. The zero-order valence-corrected chi connectivity index (χ0v) is 15.6. The number of rotatable bonds is 6. The molecule has 0 radical (unpaired) electrons. The number of amides is 2. The first-order valence-electron chi connectivity index (χ1n) is 9.17. The topological polar surface area (TPSA) is 80.8 Å². The highest BCUT2D eigenvalue weighted by atomic mass is 16.6. The van der Waals surface area contributed by atoms with E-state index in [2.05, 4.69) is 10.3 Å². The second-order valence-electron chi connectivity index (χ2n) is 6.43. The van der Waals surface area contributed by atoms with Crippen molar-refractivity contribution in [1.29, 1.82) is 0 Å². The summed E-state index contributed by atoms with van der Waals surface area (Å²) in [5, 5.41) is 2.84. The van der Waals surface area contributed by atoms with E-state index >= 15 is 0 Å². The second kappa shape index (κ2) is 8.43. The third kappa shape index (κ3) is 4.52. The quantitative estimate of drug-likeness (QED) is 0.692. The molecule has 1 N–H and O–H groups in total. The molecule has 1 aromatic heterocycles. The number of carbonyl (C=O) groups excluding carboxylic acids is 2. The molecule has 2 heterocycles. The lowest BCUT2D eigenvalue weighted by atomic mass is 10.2. The molecule has 0 aliphatic carbocycles. The maximum Gasteiger partial charge on any atom is 0.414 e. The van der Waals surface area contributed by atoms with Crippen LogP contribution in [0.1, 0.15) is 15.9 Å². The number of pyridine rings is 1. The first kappa shape index (κ1) is 18.5. The molecule has 7 heteroatoms. The standard InChI is InChI=1S/C22H19N3O4/c26-21(24-18-7-4-8-19(14-18)25-11-12-28-22(25)27)17-9-10-23-20(13-17)29-15-16-5-2-1-3-6-16/h1-10,13-14H,11-12,15H2,(H,24,26). The fourth-order valence-electron chi connectivity index (χ4n) is 2.94. The van der Waals surface area contributed by atoms with Crippen LogP contribution in [-0.4, -0.2) is 30.1 Å². The summed E-state index contributed by atoms with van der Waals surface area (Å²) >= 11 is 0. The average molecular weight is 389 g/mol. The van der Waals surface area contributed by atoms with Gasteiger partial charge in [-0.25, -0.2) is 9.78 Å². The van der Waals surface area contributed by atoms with Crippen molar-refractivity contribution < 1.29 is 19.1 Å². The van der Waals surface area contributed by atoms with Gasteiger partial charge in [0.2, 0.25) is 5.88 Å². The Balaban J connectivity index is 1.43. The number of aromatic nitrogens is 1. The van der Waals surface area contributed by atoms with E-state index in [1.807, 2.05) is 30.3 Å². The van der Waals surface area contributed by atoms with Crippen LogP contribution in [0, 0.1) is 0 Å². The Morgan fingerprint density at radius 3 is 2.76 bits per heavy atom. The van der Waals surface area contributed by atoms with Crippen molar-refractivity contribution >= 4 is 23.4 Å². The number of hydrogen-bond donors (Lipinski definition) is 1.